The molecule has 2 unspecified atom stereocenters. The Morgan fingerprint density at radius 3 is 2.77 bits per heavy atom. The van der Waals surface area contributed by atoms with Gasteiger partial charge >= 0.3 is 0 Å². The van der Waals surface area contributed by atoms with Crippen LogP contribution in [0.3, 0.4) is 0 Å². The monoisotopic (exact) mass is 182 g/mol. The van der Waals surface area contributed by atoms with Gasteiger partial charge in [0.2, 0.25) is 0 Å². The standard InChI is InChI=1S/C11H18O2/c1-2-11-9(5-6-13-11)10(12)7-8-3-4-8/h8-9,11H,2-7H2,1H3. The molecule has 0 aromatic heterocycles. The van der Waals surface area contributed by atoms with Crippen LogP contribution < -0.4 is 0 Å². The van der Waals surface area contributed by atoms with E-state index >= 15 is 0 Å². The number of Topliss-reactive ketones (excluding diaryl/α,β-unsaturated/α-hetero) is 1. The summed E-state index contributed by atoms with van der Waals surface area (Å²) in [7, 11) is 0. The highest BCUT2D eigenvalue weighted by Gasteiger charge is 2.35. The van der Waals surface area contributed by atoms with Crippen LogP contribution in [0.4, 0.5) is 0 Å². The number of carbonyl (C=O) groups excluding carboxylic acids is 1. The number of ether oxygens (including phenoxy) is 1. The Bertz CT molecular complexity index is 196. The van der Waals surface area contributed by atoms with Crippen LogP contribution in [0.5, 0.6) is 0 Å². The third-order valence-electron chi connectivity index (χ3n) is 3.21. The van der Waals surface area contributed by atoms with E-state index in [0.717, 1.165) is 31.8 Å². The quantitative estimate of drug-likeness (QED) is 0.666. The molecule has 0 spiro atoms. The lowest BCUT2D eigenvalue weighted by Gasteiger charge is -2.14. The molecule has 1 aliphatic carbocycles. The molecule has 1 heterocycles. The normalized spacial score (nSPS) is 33.6. The predicted molar refractivity (Wildman–Crippen MR) is 50.5 cm³/mol. The van der Waals surface area contributed by atoms with Crippen molar-refractivity contribution < 1.29 is 9.53 Å². The highest BCUT2D eigenvalue weighted by atomic mass is 16.5. The molecule has 13 heavy (non-hydrogen) atoms. The second kappa shape index (κ2) is 3.79. The van der Waals surface area contributed by atoms with Gasteiger partial charge in [-0.05, 0) is 31.6 Å². The first kappa shape index (κ1) is 9.20. The largest absolute Gasteiger partial charge is 0.377 e. The zero-order valence-electron chi connectivity index (χ0n) is 8.29. The Morgan fingerprint density at radius 1 is 1.38 bits per heavy atom. The van der Waals surface area contributed by atoms with E-state index in [0.29, 0.717) is 5.78 Å². The third-order valence-corrected chi connectivity index (χ3v) is 3.21. The summed E-state index contributed by atoms with van der Waals surface area (Å²) in [5.74, 6) is 1.42. The Morgan fingerprint density at radius 2 is 2.15 bits per heavy atom. The minimum Gasteiger partial charge on any atom is -0.377 e. The van der Waals surface area contributed by atoms with Gasteiger partial charge in [-0.3, -0.25) is 4.79 Å². The van der Waals surface area contributed by atoms with Gasteiger partial charge in [-0.25, -0.2) is 0 Å². The van der Waals surface area contributed by atoms with Gasteiger partial charge in [0.05, 0.1) is 6.10 Å². The van der Waals surface area contributed by atoms with Gasteiger partial charge in [0, 0.05) is 18.9 Å². The molecule has 2 aliphatic rings. The van der Waals surface area contributed by atoms with Crippen LogP contribution in [0.2, 0.25) is 0 Å². The van der Waals surface area contributed by atoms with E-state index in [1.54, 1.807) is 0 Å². The minimum atomic E-state index is 0.227. The summed E-state index contributed by atoms with van der Waals surface area (Å²) in [5.41, 5.74) is 0. The zero-order valence-corrected chi connectivity index (χ0v) is 8.29. The lowest BCUT2D eigenvalue weighted by molar-refractivity contribution is -0.124. The maximum atomic E-state index is 11.8. The fraction of sp³-hybridized carbons (Fsp3) is 0.909. The molecule has 2 rings (SSSR count). The van der Waals surface area contributed by atoms with Crippen molar-refractivity contribution in [2.24, 2.45) is 11.8 Å². The summed E-state index contributed by atoms with van der Waals surface area (Å²) in [6, 6.07) is 0. The molecular weight excluding hydrogens is 164 g/mol. The van der Waals surface area contributed by atoms with E-state index in [-0.39, 0.29) is 12.0 Å². The molecule has 2 fully saturated rings. The summed E-state index contributed by atoms with van der Waals surface area (Å²) in [6.07, 6.45) is 5.55. The highest BCUT2D eigenvalue weighted by Crippen LogP contribution is 2.35. The Kier molecular flexibility index (Phi) is 2.68. The molecule has 1 aliphatic heterocycles. The molecular formula is C11H18O2. The van der Waals surface area contributed by atoms with E-state index in [2.05, 4.69) is 6.92 Å². The summed E-state index contributed by atoms with van der Waals surface area (Å²) < 4.78 is 5.52. The fourth-order valence-corrected chi connectivity index (χ4v) is 2.18. The van der Waals surface area contributed by atoms with Gasteiger partial charge in [-0.15, -0.1) is 0 Å². The third kappa shape index (κ3) is 2.11. The number of ketones is 1. The average molecular weight is 182 g/mol. The molecule has 74 valence electrons. The second-order valence-electron chi connectivity index (χ2n) is 4.33. The minimum absolute atomic E-state index is 0.227. The van der Waals surface area contributed by atoms with Gasteiger partial charge in [-0.1, -0.05) is 6.92 Å². The number of carbonyl (C=O) groups is 1. The summed E-state index contributed by atoms with van der Waals surface area (Å²) in [4.78, 5) is 11.8. The van der Waals surface area contributed by atoms with Gasteiger partial charge in [0.1, 0.15) is 5.78 Å². The Labute approximate surface area is 79.7 Å². The Balaban J connectivity index is 1.86. The first-order chi connectivity index (χ1) is 6.31. The summed E-state index contributed by atoms with van der Waals surface area (Å²) in [6.45, 7) is 2.90. The van der Waals surface area contributed by atoms with Crippen LogP contribution in [-0.4, -0.2) is 18.5 Å². The zero-order chi connectivity index (χ0) is 9.26. The van der Waals surface area contributed by atoms with Crippen molar-refractivity contribution in [3.05, 3.63) is 0 Å². The summed E-state index contributed by atoms with van der Waals surface area (Å²) in [5, 5.41) is 0. The first-order valence-corrected chi connectivity index (χ1v) is 5.45. The highest BCUT2D eigenvalue weighted by molar-refractivity contribution is 5.82. The van der Waals surface area contributed by atoms with Crippen molar-refractivity contribution in [3.8, 4) is 0 Å². The lowest BCUT2D eigenvalue weighted by Crippen LogP contribution is -2.23. The SMILES string of the molecule is CCC1OCCC1C(=O)CC1CC1. The van der Waals surface area contributed by atoms with Crippen molar-refractivity contribution in [3.63, 3.8) is 0 Å². The van der Waals surface area contributed by atoms with E-state index in [1.165, 1.54) is 12.8 Å². The van der Waals surface area contributed by atoms with Crippen LogP contribution in [0.1, 0.15) is 39.0 Å². The maximum Gasteiger partial charge on any atom is 0.138 e. The molecule has 0 amide bonds. The smallest absolute Gasteiger partial charge is 0.138 e. The van der Waals surface area contributed by atoms with Crippen LogP contribution in [0, 0.1) is 11.8 Å². The van der Waals surface area contributed by atoms with E-state index in [4.69, 9.17) is 4.74 Å². The van der Waals surface area contributed by atoms with Gasteiger partial charge < -0.3 is 4.74 Å². The van der Waals surface area contributed by atoms with Gasteiger partial charge in [0.25, 0.3) is 0 Å². The molecule has 0 aromatic carbocycles. The predicted octanol–water partition coefficient (Wildman–Crippen LogP) is 2.17. The second-order valence-corrected chi connectivity index (χ2v) is 4.33. The molecule has 1 saturated carbocycles. The van der Waals surface area contributed by atoms with Crippen LogP contribution in [0.15, 0.2) is 0 Å². The van der Waals surface area contributed by atoms with Crippen molar-refractivity contribution in [2.45, 2.75) is 45.1 Å². The van der Waals surface area contributed by atoms with Crippen molar-refractivity contribution >= 4 is 5.78 Å². The molecule has 1 saturated heterocycles. The van der Waals surface area contributed by atoms with E-state index in [1.807, 2.05) is 0 Å². The van der Waals surface area contributed by atoms with Gasteiger partial charge in [0.15, 0.2) is 0 Å². The maximum absolute atomic E-state index is 11.8. The number of rotatable bonds is 4. The summed E-state index contributed by atoms with van der Waals surface area (Å²) >= 11 is 0. The molecule has 0 N–H and O–H groups in total. The Hall–Kier alpha value is -0.370. The van der Waals surface area contributed by atoms with Crippen LogP contribution in [-0.2, 0) is 9.53 Å². The molecule has 2 atom stereocenters. The van der Waals surface area contributed by atoms with E-state index in [9.17, 15) is 4.79 Å². The van der Waals surface area contributed by atoms with Crippen LogP contribution in [0.25, 0.3) is 0 Å². The molecule has 0 radical (unpaired) electrons. The van der Waals surface area contributed by atoms with E-state index < -0.39 is 0 Å². The van der Waals surface area contributed by atoms with Crippen LogP contribution >= 0.6 is 0 Å². The topological polar surface area (TPSA) is 26.3 Å². The number of hydrogen-bond donors (Lipinski definition) is 0. The van der Waals surface area contributed by atoms with Crippen molar-refractivity contribution in [1.82, 2.24) is 0 Å². The first-order valence-electron chi connectivity index (χ1n) is 5.45. The molecule has 2 heteroatoms. The van der Waals surface area contributed by atoms with Crippen molar-refractivity contribution in [1.29, 1.82) is 0 Å². The molecule has 2 nitrogen and oxygen atoms in total. The molecule has 0 bridgehead atoms. The van der Waals surface area contributed by atoms with Gasteiger partial charge in [-0.2, -0.15) is 0 Å². The fourth-order valence-electron chi connectivity index (χ4n) is 2.18. The average Bonchev–Trinajstić information content (AvgIpc) is 2.82. The number of hydrogen-bond acceptors (Lipinski definition) is 2. The lowest BCUT2D eigenvalue weighted by atomic mass is 9.92. The van der Waals surface area contributed by atoms with Crippen molar-refractivity contribution in [2.75, 3.05) is 6.61 Å². The molecule has 0 aromatic rings.